The van der Waals surface area contributed by atoms with E-state index >= 15 is 0 Å². The van der Waals surface area contributed by atoms with Gasteiger partial charge in [0.05, 0.1) is 17.2 Å². The minimum Gasteiger partial charge on any atom is -0.494 e. The summed E-state index contributed by atoms with van der Waals surface area (Å²) < 4.78 is 21.1. The number of methoxy groups -OCH3 is 1. The first kappa shape index (κ1) is 14.5. The molecule has 2 aromatic heterocycles. The van der Waals surface area contributed by atoms with Crippen molar-refractivity contribution in [2.24, 2.45) is 5.41 Å². The molecule has 0 saturated heterocycles. The molecule has 1 aliphatic rings. The second kappa shape index (κ2) is 5.39. The van der Waals surface area contributed by atoms with Crippen LogP contribution in [-0.2, 0) is 11.2 Å². The summed E-state index contributed by atoms with van der Waals surface area (Å²) in [5, 5.41) is 2.03. The summed E-state index contributed by atoms with van der Waals surface area (Å²) in [7, 11) is 1.65. The molecule has 0 N–H and O–H groups in total. The maximum atomic E-state index is 13.2. The summed E-state index contributed by atoms with van der Waals surface area (Å²) in [4.78, 5) is 13.2. The molecule has 2 nitrogen and oxygen atoms in total. The number of ketones is 1. The number of hydrogen-bond donors (Lipinski definition) is 0. The predicted octanol–water partition coefficient (Wildman–Crippen LogP) is 4.90. The van der Waals surface area contributed by atoms with Crippen LogP contribution in [0, 0.1) is 5.41 Å². The fourth-order valence-electron chi connectivity index (χ4n) is 2.63. The summed E-state index contributed by atoms with van der Waals surface area (Å²) in [6.45, 7) is 1.57. The van der Waals surface area contributed by atoms with Gasteiger partial charge in [0.2, 0.25) is 0 Å². The summed E-state index contributed by atoms with van der Waals surface area (Å²) in [5.41, 5.74) is -0.657. The minimum atomic E-state index is -0.657. The fraction of sp³-hybridized carbons (Fsp3) is 0.312. The predicted molar refractivity (Wildman–Crippen MR) is 86.0 cm³/mol. The number of allylic oxidation sites excluding steroid dienone is 4. The number of ether oxygens (including phenoxy) is 1. The monoisotopic (exact) mass is 322 g/mol. The molecule has 1 aliphatic carbocycles. The number of halogens is 1. The lowest BCUT2D eigenvalue weighted by atomic mass is 9.75. The van der Waals surface area contributed by atoms with Gasteiger partial charge in [-0.2, -0.15) is 0 Å². The number of carbonyl (C=O) groups is 1. The standard InChI is InChI=1S/C16H15FO2S2/c1-10(18)16(6-3-11(17)4-7-16)9-13-14(19-2)15-12(21-13)5-8-20-15/h3-6,8H,7,9H2,1-2H3. The van der Waals surface area contributed by atoms with Crippen molar-refractivity contribution < 1.29 is 13.9 Å². The van der Waals surface area contributed by atoms with E-state index in [2.05, 4.69) is 6.07 Å². The Balaban J connectivity index is 2.01. The van der Waals surface area contributed by atoms with Crippen LogP contribution in [0.5, 0.6) is 5.75 Å². The van der Waals surface area contributed by atoms with Crippen molar-refractivity contribution in [2.45, 2.75) is 19.8 Å². The van der Waals surface area contributed by atoms with Crippen LogP contribution >= 0.6 is 22.7 Å². The van der Waals surface area contributed by atoms with E-state index in [1.54, 1.807) is 42.8 Å². The van der Waals surface area contributed by atoms with Gasteiger partial charge in [0.15, 0.2) is 5.75 Å². The number of fused-ring (bicyclic) bond motifs is 1. The molecule has 0 aliphatic heterocycles. The van der Waals surface area contributed by atoms with Crippen molar-refractivity contribution in [3.8, 4) is 5.75 Å². The molecular formula is C16H15FO2S2. The lowest BCUT2D eigenvalue weighted by molar-refractivity contribution is -0.124. The molecule has 0 aromatic carbocycles. The zero-order chi connectivity index (χ0) is 15.0. The topological polar surface area (TPSA) is 26.3 Å². The first-order valence-electron chi connectivity index (χ1n) is 6.64. The number of thiophene rings is 2. The second-order valence-electron chi connectivity index (χ2n) is 5.19. The lowest BCUT2D eigenvalue weighted by Crippen LogP contribution is -2.30. The maximum Gasteiger partial charge on any atom is 0.150 e. The number of rotatable bonds is 4. The largest absolute Gasteiger partial charge is 0.494 e. The summed E-state index contributed by atoms with van der Waals surface area (Å²) >= 11 is 3.29. The Morgan fingerprint density at radius 3 is 2.95 bits per heavy atom. The van der Waals surface area contributed by atoms with Crippen LogP contribution in [0.3, 0.4) is 0 Å². The molecule has 0 radical (unpaired) electrons. The number of Topliss-reactive ketones (excluding diaryl/α,β-unsaturated/α-hetero) is 1. The smallest absolute Gasteiger partial charge is 0.150 e. The molecule has 0 fully saturated rings. The average molecular weight is 322 g/mol. The zero-order valence-electron chi connectivity index (χ0n) is 11.8. The third-order valence-corrected chi connectivity index (χ3v) is 6.10. The number of hydrogen-bond acceptors (Lipinski definition) is 4. The van der Waals surface area contributed by atoms with Gasteiger partial charge in [-0.3, -0.25) is 4.79 Å². The van der Waals surface area contributed by atoms with Crippen molar-refractivity contribution >= 4 is 37.9 Å². The first-order valence-corrected chi connectivity index (χ1v) is 8.34. The lowest BCUT2D eigenvalue weighted by Gasteiger charge is -2.28. The van der Waals surface area contributed by atoms with Crippen LogP contribution in [-0.4, -0.2) is 12.9 Å². The van der Waals surface area contributed by atoms with Crippen molar-refractivity contribution in [2.75, 3.05) is 7.11 Å². The molecule has 110 valence electrons. The van der Waals surface area contributed by atoms with Gasteiger partial charge < -0.3 is 4.74 Å². The Hall–Kier alpha value is -1.46. The van der Waals surface area contributed by atoms with E-state index in [1.807, 2.05) is 5.38 Å². The highest BCUT2D eigenvalue weighted by molar-refractivity contribution is 7.27. The Morgan fingerprint density at radius 1 is 1.52 bits per heavy atom. The molecule has 0 bridgehead atoms. The Kier molecular flexibility index (Phi) is 3.71. The molecule has 21 heavy (non-hydrogen) atoms. The van der Waals surface area contributed by atoms with E-state index < -0.39 is 5.41 Å². The van der Waals surface area contributed by atoms with Crippen LogP contribution in [0.25, 0.3) is 9.40 Å². The van der Waals surface area contributed by atoms with Crippen molar-refractivity contribution in [1.29, 1.82) is 0 Å². The minimum absolute atomic E-state index is 0.0568. The normalized spacial score (nSPS) is 21.6. The Morgan fingerprint density at radius 2 is 2.33 bits per heavy atom. The van der Waals surface area contributed by atoms with Crippen LogP contribution in [0.4, 0.5) is 4.39 Å². The van der Waals surface area contributed by atoms with Crippen molar-refractivity contribution in [3.05, 3.63) is 40.4 Å². The molecule has 2 heterocycles. The summed E-state index contributed by atoms with van der Waals surface area (Å²) in [6, 6.07) is 2.06. The third kappa shape index (κ3) is 2.45. The van der Waals surface area contributed by atoms with Gasteiger partial charge in [0.1, 0.15) is 11.6 Å². The van der Waals surface area contributed by atoms with Crippen molar-refractivity contribution in [1.82, 2.24) is 0 Å². The van der Waals surface area contributed by atoms with Gasteiger partial charge in [0.25, 0.3) is 0 Å². The average Bonchev–Trinajstić information content (AvgIpc) is 3.01. The SMILES string of the molecule is COc1c(CC2(C(C)=O)C=CC(F)=CC2)sc2ccsc12. The molecule has 3 rings (SSSR count). The van der Waals surface area contributed by atoms with E-state index in [9.17, 15) is 9.18 Å². The molecular weight excluding hydrogens is 307 g/mol. The van der Waals surface area contributed by atoms with Gasteiger partial charge in [-0.1, -0.05) is 6.08 Å². The van der Waals surface area contributed by atoms with E-state index in [0.29, 0.717) is 12.8 Å². The van der Waals surface area contributed by atoms with E-state index in [0.717, 1.165) is 15.3 Å². The van der Waals surface area contributed by atoms with Crippen LogP contribution in [0.2, 0.25) is 0 Å². The van der Waals surface area contributed by atoms with Gasteiger partial charge in [0, 0.05) is 16.0 Å². The molecule has 0 saturated carbocycles. The van der Waals surface area contributed by atoms with E-state index in [4.69, 9.17) is 4.74 Å². The van der Waals surface area contributed by atoms with Crippen LogP contribution in [0.1, 0.15) is 18.2 Å². The van der Waals surface area contributed by atoms with Crippen molar-refractivity contribution in [3.63, 3.8) is 0 Å². The second-order valence-corrected chi connectivity index (χ2v) is 7.24. The number of carbonyl (C=O) groups excluding carboxylic acids is 1. The highest BCUT2D eigenvalue weighted by Gasteiger charge is 2.35. The molecule has 0 spiro atoms. The van der Waals surface area contributed by atoms with Gasteiger partial charge in [-0.05, 0) is 36.9 Å². The van der Waals surface area contributed by atoms with Crippen LogP contribution in [0.15, 0.2) is 35.5 Å². The molecule has 5 heteroatoms. The molecule has 1 atom stereocenters. The summed E-state index contributed by atoms with van der Waals surface area (Å²) in [6.07, 6.45) is 5.55. The van der Waals surface area contributed by atoms with Gasteiger partial charge in [-0.15, -0.1) is 22.7 Å². The summed E-state index contributed by atoms with van der Waals surface area (Å²) in [5.74, 6) is 0.640. The Bertz CT molecular complexity index is 754. The molecule has 1 unspecified atom stereocenters. The Labute approximate surface area is 130 Å². The molecule has 0 amide bonds. The van der Waals surface area contributed by atoms with Gasteiger partial charge >= 0.3 is 0 Å². The highest BCUT2D eigenvalue weighted by Crippen LogP contribution is 2.45. The highest BCUT2D eigenvalue weighted by atomic mass is 32.1. The zero-order valence-corrected chi connectivity index (χ0v) is 13.4. The van der Waals surface area contributed by atoms with E-state index in [1.165, 1.54) is 16.9 Å². The third-order valence-electron chi connectivity index (χ3n) is 3.93. The quantitative estimate of drug-likeness (QED) is 0.800. The maximum absolute atomic E-state index is 13.2. The first-order chi connectivity index (χ1) is 10.1. The van der Waals surface area contributed by atoms with Gasteiger partial charge in [-0.25, -0.2) is 4.39 Å². The fourth-order valence-corrected chi connectivity index (χ4v) is 5.08. The van der Waals surface area contributed by atoms with Crippen LogP contribution < -0.4 is 4.74 Å². The molecule has 2 aromatic rings. The van der Waals surface area contributed by atoms with E-state index in [-0.39, 0.29) is 11.6 Å².